The van der Waals surface area contributed by atoms with Crippen molar-refractivity contribution in [3.05, 3.63) is 35.9 Å². The Morgan fingerprint density at radius 1 is 1.00 bits per heavy atom. The quantitative estimate of drug-likeness (QED) is 0.893. The first-order valence-corrected chi connectivity index (χ1v) is 7.89. The monoisotopic (exact) mass is 258 g/mol. The normalized spacial score (nSPS) is 25.8. The van der Waals surface area contributed by atoms with Crippen LogP contribution in [0.15, 0.2) is 30.3 Å². The summed E-state index contributed by atoms with van der Waals surface area (Å²) in [5, 5.41) is 3.51. The summed E-state index contributed by atoms with van der Waals surface area (Å²) in [6, 6.07) is 10.9. The Morgan fingerprint density at radius 2 is 1.79 bits per heavy atom. The van der Waals surface area contributed by atoms with Crippen molar-refractivity contribution in [3.8, 4) is 0 Å². The van der Waals surface area contributed by atoms with Gasteiger partial charge in [-0.05, 0) is 69.3 Å². The molecular weight excluding hydrogens is 232 g/mol. The summed E-state index contributed by atoms with van der Waals surface area (Å²) in [6.07, 6.45) is 5.45. The average Bonchev–Trinajstić information content (AvgIpc) is 3.01. The van der Waals surface area contributed by atoms with Crippen LogP contribution in [0, 0.1) is 11.8 Å². The molecule has 2 heterocycles. The second-order valence-electron chi connectivity index (χ2n) is 6.17. The van der Waals surface area contributed by atoms with Crippen LogP contribution in [0.5, 0.6) is 0 Å². The lowest BCUT2D eigenvalue weighted by molar-refractivity contribution is 0.154. The number of benzene rings is 1. The minimum absolute atomic E-state index is 0.969. The molecule has 3 rings (SSSR count). The van der Waals surface area contributed by atoms with E-state index in [-0.39, 0.29) is 0 Å². The van der Waals surface area contributed by atoms with Crippen molar-refractivity contribution in [1.29, 1.82) is 0 Å². The van der Waals surface area contributed by atoms with E-state index in [1.807, 2.05) is 0 Å². The lowest BCUT2D eigenvalue weighted by Gasteiger charge is -2.34. The first-order valence-electron chi connectivity index (χ1n) is 7.89. The maximum Gasteiger partial charge on any atom is 0.00218 e. The van der Waals surface area contributed by atoms with E-state index >= 15 is 0 Å². The Labute approximate surface area is 117 Å². The molecule has 1 unspecified atom stereocenters. The third-order valence-electron chi connectivity index (χ3n) is 4.96. The summed E-state index contributed by atoms with van der Waals surface area (Å²) in [5.74, 6) is 1.96. The molecule has 104 valence electrons. The minimum atomic E-state index is 0.969. The summed E-state index contributed by atoms with van der Waals surface area (Å²) in [7, 11) is 0. The number of nitrogens with zero attached hydrogens (tertiary/aromatic N) is 1. The molecule has 0 bridgehead atoms. The maximum atomic E-state index is 3.51. The number of hydrogen-bond donors (Lipinski definition) is 1. The molecule has 0 aliphatic carbocycles. The predicted molar refractivity (Wildman–Crippen MR) is 80.3 cm³/mol. The fourth-order valence-electron chi connectivity index (χ4n) is 3.66. The largest absolute Gasteiger partial charge is 0.316 e. The molecule has 1 aromatic rings. The van der Waals surface area contributed by atoms with Crippen LogP contribution >= 0.6 is 0 Å². The molecule has 0 spiro atoms. The van der Waals surface area contributed by atoms with Gasteiger partial charge in [0.15, 0.2) is 0 Å². The molecule has 2 nitrogen and oxygen atoms in total. The zero-order valence-electron chi connectivity index (χ0n) is 11.9. The van der Waals surface area contributed by atoms with Gasteiger partial charge in [-0.3, -0.25) is 0 Å². The molecule has 2 fully saturated rings. The Morgan fingerprint density at radius 3 is 2.47 bits per heavy atom. The molecular formula is C17H26N2. The molecule has 0 aromatic heterocycles. The summed E-state index contributed by atoms with van der Waals surface area (Å²) < 4.78 is 0. The molecule has 1 N–H and O–H groups in total. The van der Waals surface area contributed by atoms with Crippen LogP contribution < -0.4 is 5.32 Å². The maximum absolute atomic E-state index is 3.51. The van der Waals surface area contributed by atoms with Crippen LogP contribution in [-0.2, 0) is 6.42 Å². The van der Waals surface area contributed by atoms with E-state index < -0.39 is 0 Å². The van der Waals surface area contributed by atoms with Gasteiger partial charge in [-0.25, -0.2) is 0 Å². The van der Waals surface area contributed by atoms with E-state index in [2.05, 4.69) is 40.5 Å². The van der Waals surface area contributed by atoms with Crippen LogP contribution in [0.1, 0.15) is 24.8 Å². The Kier molecular flexibility index (Phi) is 4.52. The number of piperidine rings is 1. The van der Waals surface area contributed by atoms with Crippen molar-refractivity contribution in [3.63, 3.8) is 0 Å². The molecule has 1 atom stereocenters. The van der Waals surface area contributed by atoms with Gasteiger partial charge >= 0.3 is 0 Å². The van der Waals surface area contributed by atoms with E-state index in [0.717, 1.165) is 11.8 Å². The average molecular weight is 258 g/mol. The highest BCUT2D eigenvalue weighted by molar-refractivity contribution is 5.14. The highest BCUT2D eigenvalue weighted by atomic mass is 15.1. The molecule has 2 saturated heterocycles. The number of nitrogens with one attached hydrogen (secondary N) is 1. The fraction of sp³-hybridized carbons (Fsp3) is 0.647. The summed E-state index contributed by atoms with van der Waals surface area (Å²) in [4.78, 5) is 2.66. The Hall–Kier alpha value is -0.860. The van der Waals surface area contributed by atoms with Crippen molar-refractivity contribution in [2.45, 2.75) is 25.7 Å². The van der Waals surface area contributed by atoms with E-state index in [4.69, 9.17) is 0 Å². The van der Waals surface area contributed by atoms with E-state index in [1.54, 1.807) is 0 Å². The standard InChI is InChI=1S/C17H26N2/c1-2-4-15(5-3-1)7-11-19-12-8-16(9-13-19)17-6-10-18-14-17/h1-5,16-18H,6-14H2. The third kappa shape index (κ3) is 3.58. The van der Waals surface area contributed by atoms with Gasteiger partial charge in [-0.1, -0.05) is 30.3 Å². The van der Waals surface area contributed by atoms with Gasteiger partial charge in [0.2, 0.25) is 0 Å². The topological polar surface area (TPSA) is 15.3 Å². The minimum Gasteiger partial charge on any atom is -0.316 e. The van der Waals surface area contributed by atoms with Crippen molar-refractivity contribution < 1.29 is 0 Å². The van der Waals surface area contributed by atoms with Gasteiger partial charge in [-0.2, -0.15) is 0 Å². The van der Waals surface area contributed by atoms with Gasteiger partial charge in [0, 0.05) is 6.54 Å². The zero-order valence-corrected chi connectivity index (χ0v) is 11.9. The van der Waals surface area contributed by atoms with Crippen molar-refractivity contribution >= 4 is 0 Å². The van der Waals surface area contributed by atoms with Crippen molar-refractivity contribution in [2.75, 3.05) is 32.7 Å². The van der Waals surface area contributed by atoms with Crippen LogP contribution in [0.25, 0.3) is 0 Å². The van der Waals surface area contributed by atoms with Gasteiger partial charge < -0.3 is 10.2 Å². The van der Waals surface area contributed by atoms with Crippen molar-refractivity contribution in [1.82, 2.24) is 10.2 Å². The molecule has 2 heteroatoms. The second kappa shape index (κ2) is 6.53. The fourth-order valence-corrected chi connectivity index (χ4v) is 3.66. The molecule has 19 heavy (non-hydrogen) atoms. The summed E-state index contributed by atoms with van der Waals surface area (Å²) in [6.45, 7) is 6.38. The van der Waals surface area contributed by atoms with Crippen LogP contribution in [0.2, 0.25) is 0 Å². The number of hydrogen-bond acceptors (Lipinski definition) is 2. The summed E-state index contributed by atoms with van der Waals surface area (Å²) in [5.41, 5.74) is 1.48. The third-order valence-corrected chi connectivity index (χ3v) is 4.96. The summed E-state index contributed by atoms with van der Waals surface area (Å²) >= 11 is 0. The number of likely N-dealkylation sites (tertiary alicyclic amines) is 1. The van der Waals surface area contributed by atoms with Gasteiger partial charge in [0.05, 0.1) is 0 Å². The highest BCUT2D eigenvalue weighted by Crippen LogP contribution is 2.28. The van der Waals surface area contributed by atoms with Crippen molar-refractivity contribution in [2.24, 2.45) is 11.8 Å². The molecule has 0 saturated carbocycles. The predicted octanol–water partition coefficient (Wildman–Crippen LogP) is 2.55. The first kappa shape index (κ1) is 13.1. The lowest BCUT2D eigenvalue weighted by atomic mass is 9.84. The molecule has 2 aliphatic rings. The van der Waals surface area contributed by atoms with Crippen LogP contribution in [-0.4, -0.2) is 37.6 Å². The molecule has 0 radical (unpaired) electrons. The second-order valence-corrected chi connectivity index (χ2v) is 6.17. The smallest absolute Gasteiger partial charge is 0.00218 e. The zero-order chi connectivity index (χ0) is 12.9. The molecule has 2 aliphatic heterocycles. The number of rotatable bonds is 4. The van der Waals surface area contributed by atoms with Gasteiger partial charge in [0.25, 0.3) is 0 Å². The van der Waals surface area contributed by atoms with Gasteiger partial charge in [-0.15, -0.1) is 0 Å². The van der Waals surface area contributed by atoms with Crippen LogP contribution in [0.3, 0.4) is 0 Å². The molecule has 1 aromatic carbocycles. The van der Waals surface area contributed by atoms with E-state index in [1.165, 1.54) is 64.0 Å². The first-order chi connectivity index (χ1) is 9.42. The Bertz CT molecular complexity index is 362. The Balaban J connectivity index is 1.40. The SMILES string of the molecule is c1ccc(CCN2CCC(C3CCNC3)CC2)cc1. The van der Waals surface area contributed by atoms with E-state index in [9.17, 15) is 0 Å². The van der Waals surface area contributed by atoms with Gasteiger partial charge in [0.1, 0.15) is 0 Å². The lowest BCUT2D eigenvalue weighted by Crippen LogP contribution is -2.37. The van der Waals surface area contributed by atoms with E-state index in [0.29, 0.717) is 0 Å². The van der Waals surface area contributed by atoms with Crippen LogP contribution in [0.4, 0.5) is 0 Å². The highest BCUT2D eigenvalue weighted by Gasteiger charge is 2.28. The molecule has 0 amide bonds.